The van der Waals surface area contributed by atoms with Gasteiger partial charge in [0.15, 0.2) is 0 Å². The van der Waals surface area contributed by atoms with E-state index >= 15 is 0 Å². The molecule has 0 amide bonds. The number of unbranched alkanes of at least 4 members (excludes halogenated alkanes) is 1. The molecular formula is C12H19FN2O2S. The summed E-state index contributed by atoms with van der Waals surface area (Å²) in [6.45, 7) is 0.0880. The van der Waals surface area contributed by atoms with Crippen molar-refractivity contribution >= 4 is 10.0 Å². The zero-order valence-corrected chi connectivity index (χ0v) is 11.0. The Morgan fingerprint density at radius 3 is 2.61 bits per heavy atom. The van der Waals surface area contributed by atoms with Crippen molar-refractivity contribution in [2.24, 2.45) is 5.73 Å². The predicted octanol–water partition coefficient (Wildman–Crippen LogP) is 1.22. The molecule has 0 unspecified atom stereocenters. The molecule has 18 heavy (non-hydrogen) atoms. The van der Waals surface area contributed by atoms with Crippen LogP contribution < -0.4 is 10.5 Å². The number of alkyl halides is 1. The first-order valence-electron chi connectivity index (χ1n) is 5.95. The fraction of sp³-hybridized carbons (Fsp3) is 0.500. The molecule has 1 aromatic rings. The lowest BCUT2D eigenvalue weighted by atomic mass is 10.1. The Balaban J connectivity index is 2.87. The minimum atomic E-state index is -3.51. The highest BCUT2D eigenvalue weighted by atomic mass is 32.2. The van der Waals surface area contributed by atoms with Crippen LogP contribution in [0.2, 0.25) is 0 Å². The van der Waals surface area contributed by atoms with Crippen molar-refractivity contribution in [3.8, 4) is 0 Å². The highest BCUT2D eigenvalue weighted by Crippen LogP contribution is 2.17. The fourth-order valence-corrected chi connectivity index (χ4v) is 2.97. The first kappa shape index (κ1) is 15.1. The minimum Gasteiger partial charge on any atom is -0.329 e. The molecule has 0 aromatic heterocycles. The number of nitrogens with one attached hydrogen (secondary N) is 1. The Labute approximate surface area is 107 Å². The largest absolute Gasteiger partial charge is 0.329 e. The van der Waals surface area contributed by atoms with Crippen molar-refractivity contribution in [2.45, 2.75) is 24.2 Å². The highest BCUT2D eigenvalue weighted by Gasteiger charge is 2.16. The molecule has 0 atom stereocenters. The van der Waals surface area contributed by atoms with Crippen molar-refractivity contribution < 1.29 is 12.8 Å². The van der Waals surface area contributed by atoms with Crippen molar-refractivity contribution in [3.63, 3.8) is 0 Å². The summed E-state index contributed by atoms with van der Waals surface area (Å²) >= 11 is 0. The molecule has 3 N–H and O–H groups in total. The zero-order chi connectivity index (χ0) is 13.4. The van der Waals surface area contributed by atoms with Crippen LogP contribution in [0.4, 0.5) is 4.39 Å². The van der Waals surface area contributed by atoms with E-state index in [2.05, 4.69) is 4.72 Å². The van der Waals surface area contributed by atoms with Crippen LogP contribution in [-0.2, 0) is 16.4 Å². The van der Waals surface area contributed by atoms with Crippen LogP contribution in [0.25, 0.3) is 0 Å². The molecular weight excluding hydrogens is 255 g/mol. The Morgan fingerprint density at radius 2 is 1.94 bits per heavy atom. The quantitative estimate of drug-likeness (QED) is 0.700. The summed E-state index contributed by atoms with van der Waals surface area (Å²) in [4.78, 5) is 0.261. The molecule has 0 spiro atoms. The molecule has 0 heterocycles. The van der Waals surface area contributed by atoms with Gasteiger partial charge in [-0.2, -0.15) is 0 Å². The topological polar surface area (TPSA) is 72.2 Å². The van der Waals surface area contributed by atoms with Gasteiger partial charge in [0.2, 0.25) is 10.0 Å². The summed E-state index contributed by atoms with van der Waals surface area (Å²) in [5.41, 5.74) is 6.00. The van der Waals surface area contributed by atoms with Crippen LogP contribution >= 0.6 is 0 Å². The maximum Gasteiger partial charge on any atom is 0.240 e. The normalized spacial score (nSPS) is 11.7. The molecule has 0 aliphatic heterocycles. The van der Waals surface area contributed by atoms with Gasteiger partial charge in [-0.05, 0) is 30.9 Å². The molecule has 0 aliphatic carbocycles. The number of sulfonamides is 1. The molecule has 0 saturated carbocycles. The van der Waals surface area contributed by atoms with Gasteiger partial charge in [0, 0.05) is 13.1 Å². The number of hydrogen-bond donors (Lipinski definition) is 2. The van der Waals surface area contributed by atoms with Crippen LogP contribution in [0, 0.1) is 0 Å². The molecule has 4 nitrogen and oxygen atoms in total. The summed E-state index contributed by atoms with van der Waals surface area (Å²) in [5, 5.41) is 0. The Bertz CT molecular complexity index is 463. The second-order valence-electron chi connectivity index (χ2n) is 3.94. The van der Waals surface area contributed by atoms with E-state index in [9.17, 15) is 12.8 Å². The third-order valence-electron chi connectivity index (χ3n) is 2.53. The maximum absolute atomic E-state index is 12.1. The lowest BCUT2D eigenvalue weighted by molar-refractivity contribution is 0.461. The molecule has 6 heteroatoms. The van der Waals surface area contributed by atoms with Gasteiger partial charge < -0.3 is 5.73 Å². The number of nitrogens with two attached hydrogens (primary N) is 1. The Kier molecular flexibility index (Phi) is 6.24. The van der Waals surface area contributed by atoms with Gasteiger partial charge in [-0.25, -0.2) is 13.1 Å². The molecule has 0 saturated heterocycles. The SMILES string of the molecule is NCCNS(=O)(=O)c1ccccc1CCCCF. The summed E-state index contributed by atoms with van der Waals surface area (Å²) in [6, 6.07) is 6.78. The van der Waals surface area contributed by atoms with E-state index in [0.717, 1.165) is 5.56 Å². The summed E-state index contributed by atoms with van der Waals surface area (Å²) < 4.78 is 38.5. The van der Waals surface area contributed by atoms with E-state index in [1.807, 2.05) is 0 Å². The van der Waals surface area contributed by atoms with Gasteiger partial charge >= 0.3 is 0 Å². The molecule has 1 rings (SSSR count). The van der Waals surface area contributed by atoms with Gasteiger partial charge in [-0.3, -0.25) is 4.39 Å². The fourth-order valence-electron chi connectivity index (χ4n) is 1.65. The summed E-state index contributed by atoms with van der Waals surface area (Å²) in [5.74, 6) is 0. The van der Waals surface area contributed by atoms with Gasteiger partial charge in [-0.15, -0.1) is 0 Å². The second-order valence-corrected chi connectivity index (χ2v) is 5.68. The van der Waals surface area contributed by atoms with Crippen LogP contribution in [-0.4, -0.2) is 28.2 Å². The average molecular weight is 274 g/mol. The second kappa shape index (κ2) is 7.45. The van der Waals surface area contributed by atoms with Crippen LogP contribution in [0.15, 0.2) is 29.2 Å². The van der Waals surface area contributed by atoms with Gasteiger partial charge in [0.1, 0.15) is 0 Å². The molecule has 0 radical (unpaired) electrons. The third-order valence-corrected chi connectivity index (χ3v) is 4.09. The summed E-state index contributed by atoms with van der Waals surface area (Å²) in [6.07, 6.45) is 1.65. The number of hydrogen-bond acceptors (Lipinski definition) is 3. The van der Waals surface area contributed by atoms with Crippen LogP contribution in [0.3, 0.4) is 0 Å². The van der Waals surface area contributed by atoms with Gasteiger partial charge in [-0.1, -0.05) is 18.2 Å². The third kappa shape index (κ3) is 4.36. The van der Waals surface area contributed by atoms with E-state index in [1.165, 1.54) is 0 Å². The zero-order valence-electron chi connectivity index (χ0n) is 10.2. The first-order valence-corrected chi connectivity index (χ1v) is 7.43. The van der Waals surface area contributed by atoms with E-state index < -0.39 is 10.0 Å². The van der Waals surface area contributed by atoms with Crippen molar-refractivity contribution in [3.05, 3.63) is 29.8 Å². The minimum absolute atomic E-state index is 0.209. The van der Waals surface area contributed by atoms with Gasteiger partial charge in [0.25, 0.3) is 0 Å². The standard InChI is InChI=1S/C12H19FN2O2S/c13-8-4-3-6-11-5-1-2-7-12(11)18(16,17)15-10-9-14/h1-2,5,7,15H,3-4,6,8-10,14H2. The lowest BCUT2D eigenvalue weighted by Crippen LogP contribution is -2.29. The predicted molar refractivity (Wildman–Crippen MR) is 69.6 cm³/mol. The maximum atomic E-state index is 12.1. The smallest absolute Gasteiger partial charge is 0.240 e. The van der Waals surface area contributed by atoms with Crippen molar-refractivity contribution in [1.29, 1.82) is 0 Å². The Hall–Kier alpha value is -0.980. The van der Waals surface area contributed by atoms with Gasteiger partial charge in [0.05, 0.1) is 11.6 Å². The lowest BCUT2D eigenvalue weighted by Gasteiger charge is -2.10. The van der Waals surface area contributed by atoms with E-state index in [4.69, 9.17) is 5.73 Å². The highest BCUT2D eigenvalue weighted by molar-refractivity contribution is 7.89. The number of benzene rings is 1. The van der Waals surface area contributed by atoms with E-state index in [1.54, 1.807) is 24.3 Å². The monoisotopic (exact) mass is 274 g/mol. The van der Waals surface area contributed by atoms with E-state index in [-0.39, 0.29) is 24.7 Å². The number of halogens is 1. The number of rotatable bonds is 8. The summed E-state index contributed by atoms with van der Waals surface area (Å²) in [7, 11) is -3.51. The molecule has 0 bridgehead atoms. The molecule has 1 aromatic carbocycles. The van der Waals surface area contributed by atoms with Crippen LogP contribution in [0.5, 0.6) is 0 Å². The average Bonchev–Trinajstić information content (AvgIpc) is 2.37. The molecule has 102 valence electrons. The van der Waals surface area contributed by atoms with Crippen molar-refractivity contribution in [2.75, 3.05) is 19.8 Å². The first-order chi connectivity index (χ1) is 8.61. The number of aryl methyl sites for hydroxylation is 1. The molecule has 0 aliphatic rings. The Morgan fingerprint density at radius 1 is 1.22 bits per heavy atom. The molecule has 0 fully saturated rings. The van der Waals surface area contributed by atoms with Crippen molar-refractivity contribution in [1.82, 2.24) is 4.72 Å². The van der Waals surface area contributed by atoms with E-state index in [0.29, 0.717) is 19.3 Å². The van der Waals surface area contributed by atoms with Crippen LogP contribution in [0.1, 0.15) is 18.4 Å².